The fourth-order valence-electron chi connectivity index (χ4n) is 3.74. The Morgan fingerprint density at radius 1 is 1.33 bits per heavy atom. The number of carbonyl (C=O) groups excluding carboxylic acids is 1. The summed E-state index contributed by atoms with van der Waals surface area (Å²) >= 11 is 0. The third-order valence-electron chi connectivity index (χ3n) is 5.20. The summed E-state index contributed by atoms with van der Waals surface area (Å²) in [5, 5.41) is 3.02. The largest absolute Gasteiger partial charge is 0.355 e. The van der Waals surface area contributed by atoms with Gasteiger partial charge in [0.25, 0.3) is 0 Å². The van der Waals surface area contributed by atoms with Crippen LogP contribution in [-0.2, 0) is 24.1 Å². The molecule has 1 aromatic rings. The molecule has 1 saturated heterocycles. The maximum absolute atomic E-state index is 12.1. The number of amides is 1. The molecule has 6 nitrogen and oxygen atoms in total. The lowest BCUT2D eigenvalue weighted by Crippen LogP contribution is -2.38. The summed E-state index contributed by atoms with van der Waals surface area (Å²) in [5.74, 6) is 0.967. The van der Waals surface area contributed by atoms with Crippen molar-refractivity contribution in [2.45, 2.75) is 45.1 Å². The fourth-order valence-corrected chi connectivity index (χ4v) is 3.74. The topological polar surface area (TPSA) is 61.4 Å². The number of carbonyl (C=O) groups is 1. The summed E-state index contributed by atoms with van der Waals surface area (Å²) in [6, 6.07) is 0.570. The van der Waals surface area contributed by atoms with Crippen molar-refractivity contribution in [2.75, 3.05) is 40.3 Å². The Labute approximate surface area is 144 Å². The fraction of sp³-hybridized carbons (Fsp3) is 0.722. The van der Waals surface area contributed by atoms with Gasteiger partial charge in [0.15, 0.2) is 0 Å². The van der Waals surface area contributed by atoms with Crippen LogP contribution in [0.25, 0.3) is 0 Å². The van der Waals surface area contributed by atoms with Crippen molar-refractivity contribution < 1.29 is 4.79 Å². The van der Waals surface area contributed by atoms with E-state index < -0.39 is 0 Å². The van der Waals surface area contributed by atoms with Gasteiger partial charge in [-0.05, 0) is 52.3 Å². The summed E-state index contributed by atoms with van der Waals surface area (Å²) < 4.78 is 0. The highest BCUT2D eigenvalue weighted by molar-refractivity contribution is 5.78. The number of likely N-dealkylation sites (tertiary alicyclic amines) is 1. The first kappa shape index (κ1) is 17.3. The van der Waals surface area contributed by atoms with Crippen LogP contribution in [0.5, 0.6) is 0 Å². The van der Waals surface area contributed by atoms with Gasteiger partial charge in [0.1, 0.15) is 5.82 Å². The SMILES string of the molecule is Cc1nc(CCNC(=O)CN2CC[C@@H](N(C)C)C2)nc2c1CCC2. The molecular formula is C18H29N5O. The third kappa shape index (κ3) is 4.11. The van der Waals surface area contributed by atoms with Gasteiger partial charge in [0.2, 0.25) is 5.91 Å². The van der Waals surface area contributed by atoms with E-state index in [-0.39, 0.29) is 5.91 Å². The average molecular weight is 331 g/mol. The molecule has 0 unspecified atom stereocenters. The predicted octanol–water partition coefficient (Wildman–Crippen LogP) is 0.568. The molecule has 132 valence electrons. The molecule has 24 heavy (non-hydrogen) atoms. The maximum atomic E-state index is 12.1. The van der Waals surface area contributed by atoms with Gasteiger partial charge in [0, 0.05) is 43.5 Å². The average Bonchev–Trinajstić information content (AvgIpc) is 3.16. The first-order valence-corrected chi connectivity index (χ1v) is 9.03. The Morgan fingerprint density at radius 3 is 2.92 bits per heavy atom. The zero-order chi connectivity index (χ0) is 17.1. The molecule has 2 aliphatic rings. The highest BCUT2D eigenvalue weighted by Gasteiger charge is 2.25. The van der Waals surface area contributed by atoms with Gasteiger partial charge in [-0.3, -0.25) is 9.69 Å². The number of nitrogens with zero attached hydrogens (tertiary/aromatic N) is 4. The van der Waals surface area contributed by atoms with Gasteiger partial charge in [-0.2, -0.15) is 0 Å². The van der Waals surface area contributed by atoms with Crippen molar-refractivity contribution in [3.05, 3.63) is 22.8 Å². The Hall–Kier alpha value is -1.53. The Balaban J connectivity index is 1.42. The first-order chi connectivity index (χ1) is 11.5. The number of aryl methyl sites for hydroxylation is 2. The van der Waals surface area contributed by atoms with E-state index in [2.05, 4.69) is 46.1 Å². The van der Waals surface area contributed by atoms with E-state index in [1.165, 1.54) is 17.7 Å². The van der Waals surface area contributed by atoms with E-state index >= 15 is 0 Å². The normalized spacial score (nSPS) is 20.6. The quantitative estimate of drug-likeness (QED) is 0.826. The van der Waals surface area contributed by atoms with Crippen LogP contribution in [0.4, 0.5) is 0 Å². The molecule has 0 spiro atoms. The van der Waals surface area contributed by atoms with E-state index in [4.69, 9.17) is 0 Å². The van der Waals surface area contributed by atoms with Crippen molar-refractivity contribution >= 4 is 5.91 Å². The van der Waals surface area contributed by atoms with Gasteiger partial charge in [0.05, 0.1) is 6.54 Å². The lowest BCUT2D eigenvalue weighted by molar-refractivity contribution is -0.122. The highest BCUT2D eigenvalue weighted by Crippen LogP contribution is 2.22. The molecule has 3 rings (SSSR count). The molecule has 1 fully saturated rings. The monoisotopic (exact) mass is 331 g/mol. The van der Waals surface area contributed by atoms with Crippen LogP contribution in [0.2, 0.25) is 0 Å². The molecule has 1 N–H and O–H groups in total. The van der Waals surface area contributed by atoms with E-state index in [9.17, 15) is 4.79 Å². The summed E-state index contributed by atoms with van der Waals surface area (Å²) in [6.07, 6.45) is 5.22. The number of aromatic nitrogens is 2. The summed E-state index contributed by atoms with van der Waals surface area (Å²) in [4.78, 5) is 25.8. The zero-order valence-electron chi connectivity index (χ0n) is 15.1. The van der Waals surface area contributed by atoms with Crippen molar-refractivity contribution in [2.24, 2.45) is 0 Å². The summed E-state index contributed by atoms with van der Waals surface area (Å²) in [7, 11) is 4.21. The summed E-state index contributed by atoms with van der Waals surface area (Å²) in [5.41, 5.74) is 3.67. The van der Waals surface area contributed by atoms with E-state index in [1.807, 2.05) is 0 Å². The molecule has 1 amide bonds. The van der Waals surface area contributed by atoms with E-state index in [1.54, 1.807) is 0 Å². The van der Waals surface area contributed by atoms with Gasteiger partial charge in [-0.25, -0.2) is 9.97 Å². The number of fused-ring (bicyclic) bond motifs is 1. The minimum Gasteiger partial charge on any atom is -0.355 e. The van der Waals surface area contributed by atoms with Crippen LogP contribution in [0, 0.1) is 6.92 Å². The second kappa shape index (κ2) is 7.57. The molecule has 6 heteroatoms. The molecule has 1 atom stereocenters. The van der Waals surface area contributed by atoms with Crippen molar-refractivity contribution in [3.63, 3.8) is 0 Å². The first-order valence-electron chi connectivity index (χ1n) is 9.03. The van der Waals surface area contributed by atoms with Gasteiger partial charge in [-0.1, -0.05) is 0 Å². The molecule has 0 bridgehead atoms. The molecule has 1 aromatic heterocycles. The molecule has 0 aromatic carbocycles. The molecule has 2 heterocycles. The van der Waals surface area contributed by atoms with Gasteiger partial charge in [-0.15, -0.1) is 0 Å². The molecule has 1 aliphatic heterocycles. The summed E-state index contributed by atoms with van der Waals surface area (Å²) in [6.45, 7) is 5.16. The number of hydrogen-bond donors (Lipinski definition) is 1. The molecule has 1 aliphatic carbocycles. The van der Waals surface area contributed by atoms with Crippen LogP contribution >= 0.6 is 0 Å². The van der Waals surface area contributed by atoms with Crippen LogP contribution in [0.3, 0.4) is 0 Å². The van der Waals surface area contributed by atoms with Crippen LogP contribution in [0.15, 0.2) is 0 Å². The van der Waals surface area contributed by atoms with E-state index in [0.29, 0.717) is 25.6 Å². The van der Waals surface area contributed by atoms with E-state index in [0.717, 1.165) is 43.9 Å². The maximum Gasteiger partial charge on any atom is 0.234 e. The lowest BCUT2D eigenvalue weighted by Gasteiger charge is -2.20. The molecular weight excluding hydrogens is 302 g/mol. The highest BCUT2D eigenvalue weighted by atomic mass is 16.2. The van der Waals surface area contributed by atoms with Gasteiger partial charge < -0.3 is 10.2 Å². The number of rotatable bonds is 6. The second-order valence-corrected chi connectivity index (χ2v) is 7.25. The minimum absolute atomic E-state index is 0.104. The van der Waals surface area contributed by atoms with Crippen molar-refractivity contribution in [1.82, 2.24) is 25.1 Å². The third-order valence-corrected chi connectivity index (χ3v) is 5.20. The predicted molar refractivity (Wildman–Crippen MR) is 94.0 cm³/mol. The van der Waals surface area contributed by atoms with Crippen molar-refractivity contribution in [1.29, 1.82) is 0 Å². The second-order valence-electron chi connectivity index (χ2n) is 7.25. The van der Waals surface area contributed by atoms with Gasteiger partial charge >= 0.3 is 0 Å². The van der Waals surface area contributed by atoms with Crippen LogP contribution in [0.1, 0.15) is 35.6 Å². The Morgan fingerprint density at radius 2 is 2.17 bits per heavy atom. The molecule has 0 saturated carbocycles. The van der Waals surface area contributed by atoms with Crippen molar-refractivity contribution in [3.8, 4) is 0 Å². The number of likely N-dealkylation sites (N-methyl/N-ethyl adjacent to an activating group) is 1. The Bertz CT molecular complexity index is 601. The van der Waals surface area contributed by atoms with Crippen LogP contribution in [-0.4, -0.2) is 72.0 Å². The smallest absolute Gasteiger partial charge is 0.234 e. The van der Waals surface area contributed by atoms with Crippen LogP contribution < -0.4 is 5.32 Å². The molecule has 0 radical (unpaired) electrons. The lowest BCUT2D eigenvalue weighted by atomic mass is 10.2. The number of hydrogen-bond acceptors (Lipinski definition) is 5. The minimum atomic E-state index is 0.104. The standard InChI is InChI=1S/C18H29N5O/c1-13-15-5-4-6-16(15)21-17(20-13)7-9-19-18(24)12-23-10-8-14(11-23)22(2)3/h14H,4-12H2,1-3H3,(H,19,24)/t14-/m1/s1. The zero-order valence-corrected chi connectivity index (χ0v) is 15.1. The Kier molecular flexibility index (Phi) is 5.46. The number of nitrogens with one attached hydrogen (secondary N) is 1.